The van der Waals surface area contributed by atoms with E-state index in [-0.39, 0.29) is 10.5 Å². The third-order valence-corrected chi connectivity index (χ3v) is 8.73. The fourth-order valence-corrected chi connectivity index (χ4v) is 2.49. The molecule has 2 atom stereocenters. The zero-order valence-corrected chi connectivity index (χ0v) is 14.7. The minimum Gasteiger partial charge on any atom is -0.416 e. The predicted octanol–water partition coefficient (Wildman–Crippen LogP) is 3.33. The average Bonchev–Trinajstić information content (AvgIpc) is 2.24. The van der Waals surface area contributed by atoms with E-state index in [4.69, 9.17) is 4.43 Å². The number of aliphatic hydroxyl groups is 2. The van der Waals surface area contributed by atoms with E-state index in [9.17, 15) is 10.2 Å². The Hall–Kier alpha value is -0.163. The van der Waals surface area contributed by atoms with Gasteiger partial charge in [-0.15, -0.1) is 6.58 Å². The molecule has 0 spiro atoms. The standard InChI is InChI=1S/C15H32O3Si/c1-9-12(16)10-13(17)15(5,6)11-18-19(7,8)14(2,3)4/h9,12-13,16-17H,1,10-11H2,2-8H3/t12-,13-/m1/s1. The van der Waals surface area contributed by atoms with Crippen molar-refractivity contribution >= 4 is 8.32 Å². The van der Waals surface area contributed by atoms with Gasteiger partial charge in [-0.1, -0.05) is 40.7 Å². The molecule has 19 heavy (non-hydrogen) atoms. The molecular formula is C15H32O3Si. The van der Waals surface area contributed by atoms with Crippen molar-refractivity contribution in [1.82, 2.24) is 0 Å². The fourth-order valence-electron chi connectivity index (χ4n) is 1.32. The lowest BCUT2D eigenvalue weighted by Crippen LogP contribution is -2.45. The largest absolute Gasteiger partial charge is 0.416 e. The first-order chi connectivity index (χ1) is 8.33. The van der Waals surface area contributed by atoms with Crippen LogP contribution in [0.1, 0.15) is 41.0 Å². The highest BCUT2D eigenvalue weighted by molar-refractivity contribution is 6.74. The maximum atomic E-state index is 10.2. The molecule has 2 N–H and O–H groups in total. The summed E-state index contributed by atoms with van der Waals surface area (Å²) in [7, 11) is -1.80. The Labute approximate surface area is 119 Å². The van der Waals surface area contributed by atoms with Crippen molar-refractivity contribution < 1.29 is 14.6 Å². The molecule has 0 radical (unpaired) electrons. The Kier molecular flexibility index (Phi) is 6.47. The lowest BCUT2D eigenvalue weighted by molar-refractivity contribution is -0.0122. The summed E-state index contributed by atoms with van der Waals surface area (Å²) in [5, 5.41) is 19.9. The smallest absolute Gasteiger partial charge is 0.192 e. The zero-order chi connectivity index (χ0) is 15.5. The van der Waals surface area contributed by atoms with Gasteiger partial charge in [-0.3, -0.25) is 0 Å². The molecule has 0 rings (SSSR count). The lowest BCUT2D eigenvalue weighted by atomic mass is 9.84. The molecule has 0 saturated heterocycles. The van der Waals surface area contributed by atoms with E-state index in [0.717, 1.165) is 0 Å². The van der Waals surface area contributed by atoms with Crippen LogP contribution >= 0.6 is 0 Å². The van der Waals surface area contributed by atoms with Crippen LogP contribution in [0.4, 0.5) is 0 Å². The van der Waals surface area contributed by atoms with Crippen molar-refractivity contribution in [2.75, 3.05) is 6.61 Å². The van der Waals surface area contributed by atoms with Crippen molar-refractivity contribution in [3.05, 3.63) is 12.7 Å². The van der Waals surface area contributed by atoms with Crippen molar-refractivity contribution in [1.29, 1.82) is 0 Å². The van der Waals surface area contributed by atoms with Crippen molar-refractivity contribution in [3.63, 3.8) is 0 Å². The summed E-state index contributed by atoms with van der Waals surface area (Å²) in [6.07, 6.45) is 0.484. The maximum Gasteiger partial charge on any atom is 0.192 e. The van der Waals surface area contributed by atoms with Gasteiger partial charge < -0.3 is 14.6 Å². The van der Waals surface area contributed by atoms with E-state index < -0.39 is 20.5 Å². The number of hydrogen-bond acceptors (Lipinski definition) is 3. The second-order valence-corrected chi connectivity index (χ2v) is 12.4. The quantitative estimate of drug-likeness (QED) is 0.558. The zero-order valence-electron chi connectivity index (χ0n) is 13.7. The van der Waals surface area contributed by atoms with Crippen LogP contribution in [0.15, 0.2) is 12.7 Å². The summed E-state index contributed by atoms with van der Waals surface area (Å²) in [6, 6.07) is 0. The van der Waals surface area contributed by atoms with Gasteiger partial charge in [0.05, 0.1) is 12.2 Å². The normalized spacial score (nSPS) is 17.1. The van der Waals surface area contributed by atoms with Gasteiger partial charge in [0, 0.05) is 18.4 Å². The number of aliphatic hydroxyl groups excluding tert-OH is 2. The first-order valence-electron chi connectivity index (χ1n) is 6.96. The summed E-state index contributed by atoms with van der Waals surface area (Å²) in [5.41, 5.74) is -0.375. The summed E-state index contributed by atoms with van der Waals surface area (Å²) in [4.78, 5) is 0. The third kappa shape index (κ3) is 5.77. The predicted molar refractivity (Wildman–Crippen MR) is 83.8 cm³/mol. The average molecular weight is 289 g/mol. The highest BCUT2D eigenvalue weighted by Crippen LogP contribution is 2.38. The molecule has 0 aromatic rings. The fraction of sp³-hybridized carbons (Fsp3) is 0.867. The van der Waals surface area contributed by atoms with Crippen molar-refractivity contribution in [2.24, 2.45) is 5.41 Å². The summed E-state index contributed by atoms with van der Waals surface area (Å²) >= 11 is 0. The molecule has 0 aliphatic rings. The Balaban J connectivity index is 4.57. The van der Waals surface area contributed by atoms with Crippen LogP contribution in [-0.4, -0.2) is 37.3 Å². The van der Waals surface area contributed by atoms with Crippen LogP contribution in [0.25, 0.3) is 0 Å². The van der Waals surface area contributed by atoms with E-state index in [0.29, 0.717) is 13.0 Å². The van der Waals surface area contributed by atoms with Crippen LogP contribution in [-0.2, 0) is 4.43 Å². The molecule has 0 heterocycles. The molecule has 114 valence electrons. The van der Waals surface area contributed by atoms with Gasteiger partial charge >= 0.3 is 0 Å². The monoisotopic (exact) mass is 288 g/mol. The number of rotatable bonds is 7. The summed E-state index contributed by atoms with van der Waals surface area (Å²) < 4.78 is 6.17. The molecule has 0 unspecified atom stereocenters. The van der Waals surface area contributed by atoms with Gasteiger partial charge in [-0.05, 0) is 18.1 Å². The highest BCUT2D eigenvalue weighted by atomic mass is 28.4. The van der Waals surface area contributed by atoms with Gasteiger partial charge in [-0.2, -0.15) is 0 Å². The Bertz CT molecular complexity index is 292. The molecule has 3 nitrogen and oxygen atoms in total. The Morgan fingerprint density at radius 2 is 1.63 bits per heavy atom. The molecule has 0 saturated carbocycles. The van der Waals surface area contributed by atoms with Crippen molar-refractivity contribution in [2.45, 2.75) is 71.4 Å². The molecule has 0 aliphatic heterocycles. The van der Waals surface area contributed by atoms with E-state index in [1.165, 1.54) is 6.08 Å². The van der Waals surface area contributed by atoms with Crippen LogP contribution in [0.5, 0.6) is 0 Å². The Morgan fingerprint density at radius 1 is 1.16 bits per heavy atom. The third-order valence-electron chi connectivity index (χ3n) is 4.25. The van der Waals surface area contributed by atoms with Crippen LogP contribution in [0.3, 0.4) is 0 Å². The van der Waals surface area contributed by atoms with Gasteiger partial charge in [0.25, 0.3) is 0 Å². The van der Waals surface area contributed by atoms with E-state index in [1.54, 1.807) is 0 Å². The van der Waals surface area contributed by atoms with Crippen LogP contribution < -0.4 is 0 Å². The first-order valence-corrected chi connectivity index (χ1v) is 9.87. The first kappa shape index (κ1) is 18.8. The molecule has 0 amide bonds. The summed E-state index contributed by atoms with van der Waals surface area (Å²) in [5.74, 6) is 0. The van der Waals surface area contributed by atoms with Gasteiger partial charge in [0.15, 0.2) is 8.32 Å². The second kappa shape index (κ2) is 6.53. The highest BCUT2D eigenvalue weighted by Gasteiger charge is 2.39. The SMILES string of the molecule is C=C[C@@H](O)C[C@@H](O)C(C)(C)CO[Si](C)(C)C(C)(C)C. The van der Waals surface area contributed by atoms with E-state index in [1.807, 2.05) is 13.8 Å². The van der Waals surface area contributed by atoms with E-state index in [2.05, 4.69) is 40.4 Å². The van der Waals surface area contributed by atoms with Gasteiger partial charge in [0.2, 0.25) is 0 Å². The van der Waals surface area contributed by atoms with Gasteiger partial charge in [0.1, 0.15) is 0 Å². The van der Waals surface area contributed by atoms with Crippen molar-refractivity contribution in [3.8, 4) is 0 Å². The summed E-state index contributed by atoms with van der Waals surface area (Å²) in [6.45, 7) is 19.0. The second-order valence-electron chi connectivity index (χ2n) is 7.59. The molecule has 0 aliphatic carbocycles. The molecule has 0 bridgehead atoms. The Morgan fingerprint density at radius 3 is 2.00 bits per heavy atom. The molecule has 0 aromatic carbocycles. The molecule has 0 fully saturated rings. The number of hydrogen-bond donors (Lipinski definition) is 2. The van der Waals surface area contributed by atoms with Crippen LogP contribution in [0, 0.1) is 5.41 Å². The van der Waals surface area contributed by atoms with Gasteiger partial charge in [-0.25, -0.2) is 0 Å². The lowest BCUT2D eigenvalue weighted by Gasteiger charge is -2.40. The van der Waals surface area contributed by atoms with E-state index >= 15 is 0 Å². The maximum absolute atomic E-state index is 10.2. The molecule has 4 heteroatoms. The minimum atomic E-state index is -1.80. The molecule has 0 aromatic heterocycles. The topological polar surface area (TPSA) is 49.7 Å². The minimum absolute atomic E-state index is 0.161. The molecular weight excluding hydrogens is 256 g/mol. The van der Waals surface area contributed by atoms with Crippen LogP contribution in [0.2, 0.25) is 18.1 Å².